The molecular weight excluding hydrogens is 523 g/mol. The molecular formula is C27H47NaO9S. The van der Waals surface area contributed by atoms with Crippen LogP contribution in [0.25, 0.3) is 0 Å². The van der Waals surface area contributed by atoms with Gasteiger partial charge in [0.05, 0.1) is 36.6 Å². The summed E-state index contributed by atoms with van der Waals surface area (Å²) in [5, 5.41) is 55.9. The Kier molecular flexibility index (Phi) is 10.3. The quantitative estimate of drug-likeness (QED) is 0.139. The fraction of sp³-hybridized carbons (Fsp3) is 1.00. The van der Waals surface area contributed by atoms with Gasteiger partial charge in [0.2, 0.25) is 10.4 Å². The Morgan fingerprint density at radius 1 is 1.03 bits per heavy atom. The van der Waals surface area contributed by atoms with Crippen LogP contribution in [0.3, 0.4) is 0 Å². The largest absolute Gasteiger partial charge is 1.00 e. The van der Waals surface area contributed by atoms with Crippen molar-refractivity contribution in [2.75, 3.05) is 6.61 Å². The zero-order valence-electron chi connectivity index (χ0n) is 23.6. The molecule has 9 nitrogen and oxygen atoms in total. The van der Waals surface area contributed by atoms with E-state index in [-0.39, 0.29) is 83.5 Å². The third-order valence-corrected chi connectivity index (χ3v) is 11.9. The number of aliphatic hydroxyl groups excluding tert-OH is 4. The Balaban J connectivity index is 0.00000400. The van der Waals surface area contributed by atoms with Gasteiger partial charge in [0.1, 0.15) is 0 Å². The van der Waals surface area contributed by atoms with Crippen LogP contribution in [-0.2, 0) is 14.6 Å². The molecule has 0 saturated heterocycles. The molecule has 4 aliphatic rings. The van der Waals surface area contributed by atoms with E-state index in [1.165, 1.54) is 0 Å². The van der Waals surface area contributed by atoms with Crippen molar-refractivity contribution in [3.8, 4) is 0 Å². The number of hydrogen-bond acceptors (Lipinski definition) is 9. The maximum absolute atomic E-state index is 11.6. The molecule has 216 valence electrons. The summed E-state index contributed by atoms with van der Waals surface area (Å²) >= 11 is 0. The Labute approximate surface area is 250 Å². The van der Waals surface area contributed by atoms with E-state index in [2.05, 4.69) is 18.0 Å². The van der Waals surface area contributed by atoms with Gasteiger partial charge in [-0.15, -0.1) is 0 Å². The molecule has 4 aliphatic carbocycles. The molecule has 4 saturated carbocycles. The molecule has 0 amide bonds. The van der Waals surface area contributed by atoms with Gasteiger partial charge >= 0.3 is 29.6 Å². The van der Waals surface area contributed by atoms with Crippen LogP contribution in [0.15, 0.2) is 0 Å². The average molecular weight is 571 g/mol. The minimum atomic E-state index is -4.70. The monoisotopic (exact) mass is 570 g/mol. The molecule has 4 rings (SSSR count). The van der Waals surface area contributed by atoms with Crippen LogP contribution < -0.4 is 29.6 Å². The van der Waals surface area contributed by atoms with Crippen molar-refractivity contribution in [1.29, 1.82) is 0 Å². The summed E-state index contributed by atoms with van der Waals surface area (Å²) in [6, 6.07) is 0. The van der Waals surface area contributed by atoms with Crippen LogP contribution in [0.4, 0.5) is 0 Å². The maximum Gasteiger partial charge on any atom is 1.00 e. The van der Waals surface area contributed by atoms with Gasteiger partial charge in [-0.05, 0) is 79.4 Å². The molecule has 5 N–H and O–H groups in total. The smallest absolute Gasteiger partial charge is 0.726 e. The van der Waals surface area contributed by atoms with Gasteiger partial charge in [-0.2, -0.15) is 0 Å². The Hall–Kier alpha value is 0.670. The Bertz CT molecular complexity index is 936. The predicted molar refractivity (Wildman–Crippen MR) is 135 cm³/mol. The van der Waals surface area contributed by atoms with Gasteiger partial charge in [-0.3, -0.25) is 4.18 Å². The molecule has 0 aromatic heterocycles. The van der Waals surface area contributed by atoms with Gasteiger partial charge in [0.15, 0.2) is 0 Å². The molecule has 3 unspecified atom stereocenters. The first-order chi connectivity index (χ1) is 17.0. The number of rotatable bonds is 8. The molecule has 13 atom stereocenters. The Morgan fingerprint density at radius 3 is 2.32 bits per heavy atom. The second kappa shape index (κ2) is 11.7. The second-order valence-corrected chi connectivity index (χ2v) is 14.6. The molecule has 0 spiro atoms. The minimum Gasteiger partial charge on any atom is -0.726 e. The van der Waals surface area contributed by atoms with E-state index in [1.54, 1.807) is 0 Å². The summed E-state index contributed by atoms with van der Waals surface area (Å²) in [5.41, 5.74) is -2.22. The molecule has 0 radical (unpaired) electrons. The average Bonchev–Trinajstić information content (AvgIpc) is 2.99. The van der Waals surface area contributed by atoms with E-state index in [0.717, 1.165) is 25.7 Å². The first-order valence-electron chi connectivity index (χ1n) is 14.1. The van der Waals surface area contributed by atoms with Crippen molar-refractivity contribution in [2.24, 2.45) is 46.3 Å². The summed E-state index contributed by atoms with van der Waals surface area (Å²) < 4.78 is 36.5. The van der Waals surface area contributed by atoms with Crippen LogP contribution in [-0.4, -0.2) is 75.1 Å². The molecule has 0 aliphatic heterocycles. The fourth-order valence-electron chi connectivity index (χ4n) is 9.63. The van der Waals surface area contributed by atoms with Crippen molar-refractivity contribution in [2.45, 2.75) is 115 Å². The predicted octanol–water partition coefficient (Wildman–Crippen LogP) is -1.04. The van der Waals surface area contributed by atoms with Gasteiger partial charge < -0.3 is 30.1 Å². The summed E-state index contributed by atoms with van der Waals surface area (Å²) in [5.74, 6) is -0.223. The normalized spacial score (nSPS) is 48.3. The first-order valence-corrected chi connectivity index (χ1v) is 15.4. The first kappa shape index (κ1) is 33.2. The summed E-state index contributed by atoms with van der Waals surface area (Å²) in [6.07, 6.45) is 2.26. The second-order valence-electron chi connectivity index (χ2n) is 13.5. The van der Waals surface area contributed by atoms with Crippen LogP contribution in [0.5, 0.6) is 0 Å². The molecule has 11 heteroatoms. The van der Waals surface area contributed by atoms with E-state index in [9.17, 15) is 38.5 Å². The van der Waals surface area contributed by atoms with Gasteiger partial charge in [0, 0.05) is 11.8 Å². The maximum atomic E-state index is 11.6. The molecule has 0 bridgehead atoms. The van der Waals surface area contributed by atoms with E-state index in [1.807, 2.05) is 13.8 Å². The van der Waals surface area contributed by atoms with Gasteiger partial charge in [-0.25, -0.2) is 8.42 Å². The minimum absolute atomic E-state index is 0. The fourth-order valence-corrected chi connectivity index (χ4v) is 10.0. The molecule has 0 aromatic carbocycles. The van der Waals surface area contributed by atoms with Crippen molar-refractivity contribution < 1.29 is 72.2 Å². The molecule has 0 heterocycles. The summed E-state index contributed by atoms with van der Waals surface area (Å²) in [4.78, 5) is 0. The van der Waals surface area contributed by atoms with Crippen LogP contribution >= 0.6 is 0 Å². The van der Waals surface area contributed by atoms with Crippen LogP contribution in [0, 0.1) is 46.3 Å². The van der Waals surface area contributed by atoms with Crippen LogP contribution in [0.2, 0.25) is 0 Å². The summed E-state index contributed by atoms with van der Waals surface area (Å²) in [6.45, 7) is 8.01. The van der Waals surface area contributed by atoms with Crippen LogP contribution in [0.1, 0.15) is 85.5 Å². The van der Waals surface area contributed by atoms with E-state index in [4.69, 9.17) is 0 Å². The van der Waals surface area contributed by atoms with Gasteiger partial charge in [-0.1, -0.05) is 40.5 Å². The third kappa shape index (κ3) is 5.68. The molecule has 0 aromatic rings. The molecule has 38 heavy (non-hydrogen) atoms. The van der Waals surface area contributed by atoms with E-state index >= 15 is 0 Å². The SMILES string of the molecule is C[C@@H](CCC[C@@H](C)[C@H]1[C@@H](O)[C@H](O)C2C3C[C@@H](O)[C@@]4(O)C[C@@H](O)CC[C@]4(C)C3CC[C@@]21C)COS(=O)(=O)[O-].[Na+]. The zero-order valence-corrected chi connectivity index (χ0v) is 26.4. The van der Waals surface area contributed by atoms with Crippen molar-refractivity contribution >= 4 is 10.4 Å². The zero-order chi connectivity index (χ0) is 27.6. The summed E-state index contributed by atoms with van der Waals surface area (Å²) in [7, 11) is -4.70. The Morgan fingerprint density at radius 2 is 1.68 bits per heavy atom. The topological polar surface area (TPSA) is 168 Å². The standard InChI is InChI=1S/C27H48O9S.Na/c1-15(14-36-37(33,34)35)6-5-7-16(2)21-23(30)24(31)22-18-12-20(29)27(32)13-17(28)8-11-26(27,4)19(18)9-10-25(21,22)3;/h15-24,28-32H,5-14H2,1-4H3,(H,33,34,35);/q;+1/p-1/t15-,16+,17-,18?,19?,20+,21-,22?,23+,24+,25+,26+,27-;/m0./s1. The number of aliphatic hydroxyl groups is 5. The van der Waals surface area contributed by atoms with Crippen molar-refractivity contribution in [3.05, 3.63) is 0 Å². The van der Waals surface area contributed by atoms with Gasteiger partial charge in [0.25, 0.3) is 0 Å². The van der Waals surface area contributed by atoms with E-state index < -0.39 is 45.8 Å². The number of fused-ring (bicyclic) bond motifs is 5. The third-order valence-electron chi connectivity index (χ3n) is 11.4. The van der Waals surface area contributed by atoms with E-state index in [0.29, 0.717) is 25.7 Å². The van der Waals surface area contributed by atoms with Crippen molar-refractivity contribution in [1.82, 2.24) is 0 Å². The number of hydrogen-bond donors (Lipinski definition) is 5. The van der Waals surface area contributed by atoms with Crippen molar-refractivity contribution in [3.63, 3.8) is 0 Å². The molecule has 4 fully saturated rings.